The molecule has 2 aromatic rings. The van der Waals surface area contributed by atoms with E-state index < -0.39 is 5.60 Å². The summed E-state index contributed by atoms with van der Waals surface area (Å²) in [5, 5.41) is 0.930. The smallest absolute Gasteiger partial charge is 0.410 e. The minimum absolute atomic E-state index is 0.208. The first-order valence-corrected chi connectivity index (χ1v) is 11.9. The first-order valence-electron chi connectivity index (χ1n) is 11.1. The van der Waals surface area contributed by atoms with Crippen molar-refractivity contribution in [2.45, 2.75) is 65.1 Å². The van der Waals surface area contributed by atoms with Gasteiger partial charge in [-0.25, -0.2) is 14.6 Å². The van der Waals surface area contributed by atoms with Crippen LogP contribution in [0.15, 0.2) is 18.7 Å². The van der Waals surface area contributed by atoms with Gasteiger partial charge in [0.15, 0.2) is 5.13 Å². The van der Waals surface area contributed by atoms with Crippen molar-refractivity contribution in [2.24, 2.45) is 0 Å². The fourth-order valence-corrected chi connectivity index (χ4v) is 5.65. The van der Waals surface area contributed by atoms with Gasteiger partial charge < -0.3 is 19.3 Å². The van der Waals surface area contributed by atoms with Crippen LogP contribution in [0.4, 0.5) is 9.93 Å². The number of carbonyl (C=O) groups excluding carboxylic acids is 2. The van der Waals surface area contributed by atoms with Gasteiger partial charge in [0.2, 0.25) is 0 Å². The zero-order valence-electron chi connectivity index (χ0n) is 19.4. The molecule has 2 saturated heterocycles. The van der Waals surface area contributed by atoms with Crippen LogP contribution >= 0.6 is 11.3 Å². The summed E-state index contributed by atoms with van der Waals surface area (Å²) in [6.45, 7) is 15.1. The van der Waals surface area contributed by atoms with E-state index in [1.807, 2.05) is 44.7 Å². The average Bonchev–Trinajstić information content (AvgIpc) is 3.23. The van der Waals surface area contributed by atoms with Crippen molar-refractivity contribution in [3.8, 4) is 0 Å². The number of hydrogen-bond donors (Lipinski definition) is 0. The molecule has 0 radical (unpaired) electrons. The molecule has 32 heavy (non-hydrogen) atoms. The average molecular weight is 458 g/mol. The Hall–Kier alpha value is -2.61. The fourth-order valence-electron chi connectivity index (χ4n) is 4.48. The topological polar surface area (TPSA) is 72.0 Å². The number of amides is 1. The number of benzene rings is 1. The van der Waals surface area contributed by atoms with Crippen LogP contribution in [0.1, 0.15) is 63.4 Å². The van der Waals surface area contributed by atoms with Gasteiger partial charge in [-0.1, -0.05) is 17.9 Å². The molecule has 2 unspecified atom stereocenters. The van der Waals surface area contributed by atoms with Gasteiger partial charge in [-0.3, -0.25) is 0 Å². The van der Waals surface area contributed by atoms with Gasteiger partial charge in [0.25, 0.3) is 0 Å². The fraction of sp³-hybridized carbons (Fsp3) is 0.542. The standard InChI is InChI=1S/C24H31N3O4S/c1-7-30-21(28)15-10-18(14(2)3)20-19(11-15)32-22(25-20)27-16-8-9-17(27)13-26(12-16)23(29)31-24(4,5)6/h10-11,16-17H,2,7-9,12-13H2,1,3-6H3. The van der Waals surface area contributed by atoms with E-state index >= 15 is 0 Å². The number of esters is 1. The molecule has 0 spiro atoms. The Kier molecular flexibility index (Phi) is 5.92. The Morgan fingerprint density at radius 3 is 2.44 bits per heavy atom. The third-order valence-electron chi connectivity index (χ3n) is 5.81. The molecule has 1 aromatic carbocycles. The molecule has 0 aliphatic carbocycles. The quantitative estimate of drug-likeness (QED) is 0.595. The monoisotopic (exact) mass is 457 g/mol. The molecule has 1 amide bonds. The second kappa shape index (κ2) is 8.39. The maximum Gasteiger partial charge on any atom is 0.410 e. The maximum atomic E-state index is 12.6. The number of hydrogen-bond acceptors (Lipinski definition) is 7. The molecule has 2 aliphatic heterocycles. The Morgan fingerprint density at radius 1 is 1.22 bits per heavy atom. The van der Waals surface area contributed by atoms with Crippen molar-refractivity contribution < 1.29 is 19.1 Å². The predicted molar refractivity (Wildman–Crippen MR) is 127 cm³/mol. The molecule has 8 heteroatoms. The van der Waals surface area contributed by atoms with E-state index in [1.165, 1.54) is 0 Å². The van der Waals surface area contributed by atoms with Gasteiger partial charge in [-0.15, -0.1) is 0 Å². The highest BCUT2D eigenvalue weighted by atomic mass is 32.1. The molecule has 3 heterocycles. The predicted octanol–water partition coefficient (Wildman–Crippen LogP) is 5.09. The highest BCUT2D eigenvalue weighted by Crippen LogP contribution is 2.41. The number of aromatic nitrogens is 1. The first kappa shape index (κ1) is 22.6. The number of likely N-dealkylation sites (tertiary alicyclic amines) is 1. The number of thiazole rings is 1. The summed E-state index contributed by atoms with van der Waals surface area (Å²) in [6, 6.07) is 4.10. The van der Waals surface area contributed by atoms with Crippen molar-refractivity contribution >= 4 is 44.3 Å². The maximum absolute atomic E-state index is 12.6. The molecule has 7 nitrogen and oxygen atoms in total. The summed E-state index contributed by atoms with van der Waals surface area (Å²) in [5.41, 5.74) is 2.60. The van der Waals surface area contributed by atoms with Gasteiger partial charge in [0, 0.05) is 30.7 Å². The number of fused-ring (bicyclic) bond motifs is 3. The van der Waals surface area contributed by atoms with Gasteiger partial charge >= 0.3 is 12.1 Å². The number of rotatable bonds is 4. The first-order chi connectivity index (χ1) is 15.1. The molecule has 0 N–H and O–H groups in total. The third kappa shape index (κ3) is 4.33. The van der Waals surface area contributed by atoms with Crippen LogP contribution in [0.2, 0.25) is 0 Å². The minimum Gasteiger partial charge on any atom is -0.462 e. The third-order valence-corrected chi connectivity index (χ3v) is 6.83. The van der Waals surface area contributed by atoms with Crippen LogP contribution in [0.5, 0.6) is 0 Å². The van der Waals surface area contributed by atoms with Crippen molar-refractivity contribution in [3.63, 3.8) is 0 Å². The number of carbonyl (C=O) groups is 2. The van der Waals surface area contributed by atoms with Gasteiger partial charge in [0.05, 0.1) is 22.4 Å². The molecule has 4 rings (SSSR count). The molecule has 2 atom stereocenters. The summed E-state index contributed by atoms with van der Waals surface area (Å²) < 4.78 is 11.7. The van der Waals surface area contributed by atoms with Crippen LogP contribution in [0, 0.1) is 0 Å². The summed E-state index contributed by atoms with van der Waals surface area (Å²) in [4.78, 5) is 34.1. The van der Waals surface area contributed by atoms with E-state index in [0.717, 1.165) is 39.3 Å². The summed E-state index contributed by atoms with van der Waals surface area (Å²) in [7, 11) is 0. The minimum atomic E-state index is -0.504. The highest BCUT2D eigenvalue weighted by Gasteiger charge is 2.43. The number of anilines is 1. The second-order valence-corrected chi connectivity index (χ2v) is 10.6. The van der Waals surface area contributed by atoms with Crippen LogP contribution in [-0.2, 0) is 9.47 Å². The molecule has 172 valence electrons. The number of nitrogens with zero attached hydrogens (tertiary/aromatic N) is 3. The Balaban J connectivity index is 1.63. The lowest BCUT2D eigenvalue weighted by atomic mass is 10.0. The van der Waals surface area contributed by atoms with E-state index in [2.05, 4.69) is 11.5 Å². The molecule has 1 aromatic heterocycles. The van der Waals surface area contributed by atoms with Crippen LogP contribution in [0.3, 0.4) is 0 Å². The van der Waals surface area contributed by atoms with E-state index in [0.29, 0.717) is 25.3 Å². The Labute approximate surface area is 193 Å². The van der Waals surface area contributed by atoms with Crippen molar-refractivity contribution in [1.82, 2.24) is 9.88 Å². The Bertz CT molecular complexity index is 1060. The van der Waals surface area contributed by atoms with Crippen LogP contribution < -0.4 is 4.90 Å². The second-order valence-electron chi connectivity index (χ2n) is 9.55. The normalized spacial score (nSPS) is 20.5. The molecular formula is C24H31N3O4S. The lowest BCUT2D eigenvalue weighted by molar-refractivity contribution is 0.0209. The van der Waals surface area contributed by atoms with Crippen molar-refractivity contribution in [3.05, 3.63) is 29.8 Å². The lowest BCUT2D eigenvalue weighted by Gasteiger charge is -2.41. The van der Waals surface area contributed by atoms with E-state index in [4.69, 9.17) is 14.5 Å². The molecular weight excluding hydrogens is 426 g/mol. The van der Waals surface area contributed by atoms with Gasteiger partial charge in [-0.05, 0) is 65.2 Å². The van der Waals surface area contributed by atoms with Crippen molar-refractivity contribution in [1.29, 1.82) is 0 Å². The number of allylic oxidation sites excluding steroid dienone is 1. The van der Waals surface area contributed by atoms with Crippen LogP contribution in [-0.4, -0.2) is 59.3 Å². The summed E-state index contributed by atoms with van der Waals surface area (Å²) >= 11 is 1.58. The highest BCUT2D eigenvalue weighted by molar-refractivity contribution is 7.22. The molecule has 2 fully saturated rings. The number of ether oxygens (including phenoxy) is 2. The molecule has 2 bridgehead atoms. The lowest BCUT2D eigenvalue weighted by Crippen LogP contribution is -2.56. The molecule has 0 saturated carbocycles. The largest absolute Gasteiger partial charge is 0.462 e. The van der Waals surface area contributed by atoms with Gasteiger partial charge in [0.1, 0.15) is 5.60 Å². The molecule has 2 aliphatic rings. The van der Waals surface area contributed by atoms with E-state index in [1.54, 1.807) is 18.3 Å². The van der Waals surface area contributed by atoms with Crippen molar-refractivity contribution in [2.75, 3.05) is 24.6 Å². The summed E-state index contributed by atoms with van der Waals surface area (Å²) in [6.07, 6.45) is 1.78. The van der Waals surface area contributed by atoms with E-state index in [9.17, 15) is 9.59 Å². The number of piperazine rings is 1. The Morgan fingerprint density at radius 2 is 1.88 bits per heavy atom. The van der Waals surface area contributed by atoms with Gasteiger partial charge in [-0.2, -0.15) is 0 Å². The zero-order chi connectivity index (χ0) is 23.2. The zero-order valence-corrected chi connectivity index (χ0v) is 20.3. The summed E-state index contributed by atoms with van der Waals surface area (Å²) in [5.74, 6) is -0.335. The SMILES string of the molecule is C=C(C)c1cc(C(=O)OCC)cc2sc(N3C4CCC3CN(C(=O)OC(C)(C)C)C4)nc12. The van der Waals surface area contributed by atoms with E-state index in [-0.39, 0.29) is 24.1 Å². The van der Waals surface area contributed by atoms with Crippen LogP contribution in [0.25, 0.3) is 15.8 Å².